The van der Waals surface area contributed by atoms with Crippen LogP contribution in [0.25, 0.3) is 0 Å². The van der Waals surface area contributed by atoms with E-state index in [1.54, 1.807) is 53.4 Å². The summed E-state index contributed by atoms with van der Waals surface area (Å²) in [6.07, 6.45) is 2.40. The van der Waals surface area contributed by atoms with Crippen molar-refractivity contribution in [1.82, 2.24) is 10.2 Å². The molecule has 3 rings (SSSR count). The number of hydrogen-bond acceptors (Lipinski definition) is 4. The van der Waals surface area contributed by atoms with E-state index < -0.39 is 10.0 Å². The van der Waals surface area contributed by atoms with E-state index in [1.165, 1.54) is 0 Å². The van der Waals surface area contributed by atoms with Crippen LogP contribution in [0.3, 0.4) is 0 Å². The highest BCUT2D eigenvalue weighted by Gasteiger charge is 2.25. The van der Waals surface area contributed by atoms with Gasteiger partial charge in [-0.25, -0.2) is 8.42 Å². The molecule has 9 heteroatoms. The molecule has 0 radical (unpaired) electrons. The average Bonchev–Trinajstić information content (AvgIpc) is 2.68. The van der Waals surface area contributed by atoms with Crippen molar-refractivity contribution in [2.45, 2.75) is 18.9 Å². The molecule has 2 aromatic rings. The number of carbonyl (C=O) groups excluding carboxylic acids is 2. The number of halogens is 1. The van der Waals surface area contributed by atoms with E-state index in [9.17, 15) is 18.0 Å². The number of carbonyl (C=O) groups is 2. The lowest BCUT2D eigenvalue weighted by Crippen LogP contribution is -2.46. The summed E-state index contributed by atoms with van der Waals surface area (Å²) in [6, 6.07) is 13.0. The molecule has 1 aliphatic rings. The van der Waals surface area contributed by atoms with Crippen molar-refractivity contribution in [3.8, 4) is 0 Å². The minimum atomic E-state index is -3.36. The highest BCUT2D eigenvalue weighted by atomic mass is 35.5. The van der Waals surface area contributed by atoms with E-state index in [1.807, 2.05) is 0 Å². The van der Waals surface area contributed by atoms with Crippen molar-refractivity contribution in [3.63, 3.8) is 0 Å². The third kappa shape index (κ3) is 5.95. The minimum Gasteiger partial charge on any atom is -0.349 e. The third-order valence-corrected chi connectivity index (χ3v) is 5.52. The first-order valence-electron chi connectivity index (χ1n) is 9.15. The van der Waals surface area contributed by atoms with Crippen molar-refractivity contribution in [2.24, 2.45) is 0 Å². The molecule has 0 atom stereocenters. The Bertz CT molecular complexity index is 983. The van der Waals surface area contributed by atoms with Crippen LogP contribution < -0.4 is 10.0 Å². The largest absolute Gasteiger partial charge is 0.349 e. The number of rotatable bonds is 5. The van der Waals surface area contributed by atoms with Crippen molar-refractivity contribution in [2.75, 3.05) is 24.1 Å². The van der Waals surface area contributed by atoms with Crippen LogP contribution in [0.1, 0.15) is 33.6 Å². The highest BCUT2D eigenvalue weighted by Crippen LogP contribution is 2.17. The lowest BCUT2D eigenvalue weighted by Gasteiger charge is -2.32. The van der Waals surface area contributed by atoms with Gasteiger partial charge in [-0.1, -0.05) is 11.6 Å². The van der Waals surface area contributed by atoms with E-state index in [4.69, 9.17) is 11.6 Å². The number of nitrogens with zero attached hydrogens (tertiary/aromatic N) is 1. The fraction of sp³-hybridized carbons (Fsp3) is 0.300. The van der Waals surface area contributed by atoms with Crippen LogP contribution in [0.5, 0.6) is 0 Å². The molecule has 154 valence electrons. The molecule has 2 aromatic carbocycles. The fourth-order valence-corrected chi connectivity index (χ4v) is 3.86. The first kappa shape index (κ1) is 21.1. The topological polar surface area (TPSA) is 95.6 Å². The summed E-state index contributed by atoms with van der Waals surface area (Å²) in [5, 5.41) is 3.58. The number of hydrogen-bond donors (Lipinski definition) is 2. The Hall–Kier alpha value is -2.58. The number of piperidine rings is 1. The number of sulfonamides is 1. The summed E-state index contributed by atoms with van der Waals surface area (Å²) in [7, 11) is -3.36. The van der Waals surface area contributed by atoms with Crippen molar-refractivity contribution >= 4 is 39.1 Å². The number of amides is 2. The van der Waals surface area contributed by atoms with Crippen LogP contribution in [0, 0.1) is 0 Å². The summed E-state index contributed by atoms with van der Waals surface area (Å²) < 4.78 is 24.9. The van der Waals surface area contributed by atoms with Crippen LogP contribution in [0.2, 0.25) is 5.02 Å². The van der Waals surface area contributed by atoms with Gasteiger partial charge >= 0.3 is 0 Å². The van der Waals surface area contributed by atoms with Gasteiger partial charge in [-0.2, -0.15) is 0 Å². The van der Waals surface area contributed by atoms with E-state index in [0.717, 1.165) is 6.26 Å². The molecule has 2 N–H and O–H groups in total. The normalized spacial score (nSPS) is 15.0. The van der Waals surface area contributed by atoms with Gasteiger partial charge < -0.3 is 10.2 Å². The Morgan fingerprint density at radius 3 is 2.07 bits per heavy atom. The minimum absolute atomic E-state index is 0.00330. The number of nitrogens with one attached hydrogen (secondary N) is 2. The molecule has 0 unspecified atom stereocenters. The first-order chi connectivity index (χ1) is 13.7. The molecule has 0 bridgehead atoms. The van der Waals surface area contributed by atoms with Crippen LogP contribution in [-0.2, 0) is 10.0 Å². The zero-order chi connectivity index (χ0) is 21.0. The molecule has 2 amide bonds. The second kappa shape index (κ2) is 8.84. The van der Waals surface area contributed by atoms with Gasteiger partial charge in [0, 0.05) is 41.0 Å². The van der Waals surface area contributed by atoms with Crippen molar-refractivity contribution < 1.29 is 18.0 Å². The summed E-state index contributed by atoms with van der Waals surface area (Å²) >= 11 is 5.84. The number of likely N-dealkylation sites (tertiary alicyclic amines) is 1. The maximum absolute atomic E-state index is 12.7. The smallest absolute Gasteiger partial charge is 0.253 e. The van der Waals surface area contributed by atoms with E-state index in [2.05, 4.69) is 10.0 Å². The van der Waals surface area contributed by atoms with Crippen molar-refractivity contribution in [3.05, 3.63) is 64.7 Å². The molecule has 29 heavy (non-hydrogen) atoms. The van der Waals surface area contributed by atoms with E-state index in [-0.39, 0.29) is 17.9 Å². The summed E-state index contributed by atoms with van der Waals surface area (Å²) in [4.78, 5) is 26.7. The highest BCUT2D eigenvalue weighted by molar-refractivity contribution is 7.92. The van der Waals surface area contributed by atoms with Crippen LogP contribution in [-0.4, -0.2) is 50.5 Å². The van der Waals surface area contributed by atoms with E-state index in [0.29, 0.717) is 47.8 Å². The SMILES string of the molecule is CS(=O)(=O)Nc1ccc(C(=O)N2CCC(NC(=O)c3ccc(Cl)cc3)CC2)cc1. The molecule has 1 aliphatic heterocycles. The molecular weight excluding hydrogens is 414 g/mol. The summed E-state index contributed by atoms with van der Waals surface area (Å²) in [6.45, 7) is 1.07. The number of benzene rings is 2. The maximum Gasteiger partial charge on any atom is 0.253 e. The van der Waals surface area contributed by atoms with Crippen LogP contribution in [0.4, 0.5) is 5.69 Å². The molecule has 0 aliphatic carbocycles. The van der Waals surface area contributed by atoms with Gasteiger partial charge in [0.2, 0.25) is 10.0 Å². The first-order valence-corrected chi connectivity index (χ1v) is 11.4. The molecule has 0 saturated carbocycles. The molecule has 7 nitrogen and oxygen atoms in total. The van der Waals surface area contributed by atoms with E-state index >= 15 is 0 Å². The lowest BCUT2D eigenvalue weighted by molar-refractivity contribution is 0.0698. The molecule has 0 aromatic heterocycles. The molecule has 1 saturated heterocycles. The van der Waals surface area contributed by atoms with Gasteiger partial charge in [0.25, 0.3) is 11.8 Å². The van der Waals surface area contributed by atoms with Gasteiger partial charge in [-0.15, -0.1) is 0 Å². The fourth-order valence-electron chi connectivity index (χ4n) is 3.17. The zero-order valence-electron chi connectivity index (χ0n) is 15.9. The van der Waals surface area contributed by atoms with Gasteiger partial charge in [0.1, 0.15) is 0 Å². The Balaban J connectivity index is 1.52. The Kier molecular flexibility index (Phi) is 6.44. The Labute approximate surface area is 175 Å². The zero-order valence-corrected chi connectivity index (χ0v) is 17.5. The maximum atomic E-state index is 12.7. The Morgan fingerprint density at radius 2 is 1.52 bits per heavy atom. The van der Waals surface area contributed by atoms with Crippen LogP contribution >= 0.6 is 11.6 Å². The van der Waals surface area contributed by atoms with Crippen LogP contribution in [0.15, 0.2) is 48.5 Å². The Morgan fingerprint density at radius 1 is 0.966 bits per heavy atom. The van der Waals surface area contributed by atoms with Gasteiger partial charge in [0.15, 0.2) is 0 Å². The average molecular weight is 436 g/mol. The predicted octanol–water partition coefficient (Wildman–Crippen LogP) is 2.75. The standard InChI is InChI=1S/C20H22ClN3O4S/c1-29(27,28)23-18-8-4-15(5-9-18)20(26)24-12-10-17(11-13-24)22-19(25)14-2-6-16(21)7-3-14/h2-9,17,23H,10-13H2,1H3,(H,22,25). The summed E-state index contributed by atoms with van der Waals surface area (Å²) in [5.74, 6) is -0.265. The quantitative estimate of drug-likeness (QED) is 0.754. The molecule has 0 spiro atoms. The molecular formula is C20H22ClN3O4S. The molecule has 1 heterocycles. The monoisotopic (exact) mass is 435 g/mol. The summed E-state index contributed by atoms with van der Waals surface area (Å²) in [5.41, 5.74) is 1.45. The van der Waals surface area contributed by atoms with Gasteiger partial charge in [0.05, 0.1) is 6.26 Å². The van der Waals surface area contributed by atoms with Gasteiger partial charge in [-0.05, 0) is 61.4 Å². The second-order valence-electron chi connectivity index (χ2n) is 7.00. The van der Waals surface area contributed by atoms with Gasteiger partial charge in [-0.3, -0.25) is 14.3 Å². The second-order valence-corrected chi connectivity index (χ2v) is 9.18. The molecule has 1 fully saturated rings. The predicted molar refractivity (Wildman–Crippen MR) is 113 cm³/mol. The lowest BCUT2D eigenvalue weighted by atomic mass is 10.0. The third-order valence-electron chi connectivity index (χ3n) is 4.66. The number of anilines is 1. The van der Waals surface area contributed by atoms with Crippen molar-refractivity contribution in [1.29, 1.82) is 0 Å².